The highest BCUT2D eigenvalue weighted by Crippen LogP contribution is 2.29. The number of alkyl halides is 3. The molecule has 0 aromatic carbocycles. The van der Waals surface area contributed by atoms with Crippen LogP contribution in [0.1, 0.15) is 33.6 Å². The van der Waals surface area contributed by atoms with Crippen molar-refractivity contribution in [3.63, 3.8) is 0 Å². The second kappa shape index (κ2) is 11.0. The Labute approximate surface area is 140 Å². The fraction of sp³-hybridized carbons (Fsp3) is 0.929. The van der Waals surface area contributed by atoms with E-state index in [9.17, 15) is 18.0 Å². The molecule has 138 valence electrons. The number of hydrogen-bond donors (Lipinski definition) is 2. The van der Waals surface area contributed by atoms with Crippen molar-refractivity contribution in [3.8, 4) is 0 Å². The van der Waals surface area contributed by atoms with Gasteiger partial charge in [-0.3, -0.25) is 0 Å². The summed E-state index contributed by atoms with van der Waals surface area (Å²) in [4.78, 5) is 11.5. The van der Waals surface area contributed by atoms with E-state index in [-0.39, 0.29) is 30.1 Å². The average molecular weight is 360 g/mol. The zero-order valence-corrected chi connectivity index (χ0v) is 14.9. The third kappa shape index (κ3) is 16.0. The first kappa shape index (κ1) is 22.3. The molecule has 0 heterocycles. The van der Waals surface area contributed by atoms with Crippen molar-refractivity contribution in [2.24, 2.45) is 0 Å². The monoisotopic (exact) mass is 360 g/mol. The van der Waals surface area contributed by atoms with Crippen LogP contribution in [0.15, 0.2) is 0 Å². The smallest absolute Gasteiger partial charge is 0.441 e. The van der Waals surface area contributed by atoms with E-state index in [1.54, 1.807) is 20.8 Å². The van der Waals surface area contributed by atoms with Gasteiger partial charge in [0.2, 0.25) is 0 Å². The lowest BCUT2D eigenvalue weighted by Crippen LogP contribution is -2.37. The summed E-state index contributed by atoms with van der Waals surface area (Å²) in [6, 6.07) is -0.0470. The van der Waals surface area contributed by atoms with E-state index in [1.165, 1.54) is 7.11 Å². The molecule has 1 atom stereocenters. The van der Waals surface area contributed by atoms with Crippen molar-refractivity contribution < 1.29 is 27.4 Å². The Bertz CT molecular complexity index is 336. The summed E-state index contributed by atoms with van der Waals surface area (Å²) >= 11 is -0.0457. The third-order valence-electron chi connectivity index (χ3n) is 2.57. The molecule has 0 saturated carbocycles. The second-order valence-corrected chi connectivity index (χ2v) is 7.13. The predicted octanol–water partition coefficient (Wildman–Crippen LogP) is 3.15. The van der Waals surface area contributed by atoms with Crippen LogP contribution in [0.4, 0.5) is 18.0 Å². The number of thioether (sulfide) groups is 1. The van der Waals surface area contributed by atoms with Gasteiger partial charge in [-0.25, -0.2) is 4.79 Å². The lowest BCUT2D eigenvalue weighted by atomic mass is 10.1. The van der Waals surface area contributed by atoms with Crippen LogP contribution in [0.25, 0.3) is 0 Å². The van der Waals surface area contributed by atoms with E-state index < -0.39 is 17.2 Å². The summed E-state index contributed by atoms with van der Waals surface area (Å²) in [6.07, 6.45) is 0.878. The molecule has 0 aliphatic heterocycles. The SMILES string of the molecule is COCC(CCCNC(=O)OC(C)(C)C)NCCSC(F)(F)F. The molecule has 0 bridgehead atoms. The molecule has 0 aromatic rings. The van der Waals surface area contributed by atoms with E-state index in [0.717, 1.165) is 0 Å². The van der Waals surface area contributed by atoms with E-state index in [0.29, 0.717) is 26.0 Å². The number of hydrogen-bond acceptors (Lipinski definition) is 5. The fourth-order valence-electron chi connectivity index (χ4n) is 1.73. The first-order valence-corrected chi connectivity index (χ1v) is 8.42. The van der Waals surface area contributed by atoms with Crippen LogP contribution in [0.5, 0.6) is 0 Å². The fourth-order valence-corrected chi connectivity index (χ4v) is 2.18. The minimum atomic E-state index is -4.20. The van der Waals surface area contributed by atoms with Crippen molar-refractivity contribution >= 4 is 17.9 Å². The summed E-state index contributed by atoms with van der Waals surface area (Å²) in [5.74, 6) is -0.0418. The van der Waals surface area contributed by atoms with Gasteiger partial charge >= 0.3 is 11.6 Å². The summed E-state index contributed by atoms with van der Waals surface area (Å²) in [7, 11) is 1.54. The first-order chi connectivity index (χ1) is 10.5. The molecule has 23 heavy (non-hydrogen) atoms. The Morgan fingerprint density at radius 1 is 1.22 bits per heavy atom. The standard InChI is InChI=1S/C14H27F3N2O3S/c1-13(2,3)22-12(20)19-7-5-6-11(10-21-4)18-8-9-23-14(15,16)17/h11,18H,5-10H2,1-4H3,(H,19,20). The molecule has 0 radical (unpaired) electrons. The van der Waals surface area contributed by atoms with Crippen molar-refractivity contribution in [1.29, 1.82) is 0 Å². The quantitative estimate of drug-likeness (QED) is 0.586. The Kier molecular flexibility index (Phi) is 10.7. The highest BCUT2D eigenvalue weighted by atomic mass is 32.2. The molecular weight excluding hydrogens is 333 g/mol. The van der Waals surface area contributed by atoms with Gasteiger partial charge in [0.25, 0.3) is 0 Å². The summed E-state index contributed by atoms with van der Waals surface area (Å²) in [6.45, 7) is 6.44. The van der Waals surface area contributed by atoms with E-state index in [1.807, 2.05) is 0 Å². The van der Waals surface area contributed by atoms with E-state index in [4.69, 9.17) is 9.47 Å². The number of rotatable bonds is 10. The van der Waals surface area contributed by atoms with Crippen molar-refractivity contribution in [2.75, 3.05) is 32.6 Å². The molecule has 0 fully saturated rings. The lowest BCUT2D eigenvalue weighted by Gasteiger charge is -2.20. The Morgan fingerprint density at radius 3 is 2.39 bits per heavy atom. The number of alkyl carbamates (subject to hydrolysis) is 1. The molecule has 9 heteroatoms. The van der Waals surface area contributed by atoms with Crippen LogP contribution in [-0.2, 0) is 9.47 Å². The number of amides is 1. The van der Waals surface area contributed by atoms with E-state index >= 15 is 0 Å². The Morgan fingerprint density at radius 2 is 1.87 bits per heavy atom. The van der Waals surface area contributed by atoms with Crippen molar-refractivity contribution in [2.45, 2.75) is 50.8 Å². The number of nitrogens with one attached hydrogen (secondary N) is 2. The largest absolute Gasteiger partial charge is 0.444 e. The number of carbonyl (C=O) groups is 1. The van der Waals surface area contributed by atoms with Gasteiger partial charge in [0, 0.05) is 32.0 Å². The number of methoxy groups -OCH3 is 1. The maximum atomic E-state index is 12.0. The molecule has 2 N–H and O–H groups in total. The predicted molar refractivity (Wildman–Crippen MR) is 85.7 cm³/mol. The minimum absolute atomic E-state index is 0.0418. The number of halogens is 3. The van der Waals surface area contributed by atoms with Gasteiger partial charge in [0.05, 0.1) is 6.61 Å². The van der Waals surface area contributed by atoms with Crippen molar-refractivity contribution in [1.82, 2.24) is 10.6 Å². The van der Waals surface area contributed by atoms with Gasteiger partial charge < -0.3 is 20.1 Å². The highest BCUT2D eigenvalue weighted by Gasteiger charge is 2.27. The third-order valence-corrected chi connectivity index (χ3v) is 3.30. The van der Waals surface area contributed by atoms with Gasteiger partial charge in [0.15, 0.2) is 0 Å². The number of carbonyl (C=O) groups excluding carboxylic acids is 1. The zero-order chi connectivity index (χ0) is 17.9. The molecule has 0 aliphatic rings. The van der Waals surface area contributed by atoms with Crippen molar-refractivity contribution in [3.05, 3.63) is 0 Å². The average Bonchev–Trinajstić information content (AvgIpc) is 2.36. The second-order valence-electron chi connectivity index (χ2n) is 5.97. The normalized spacial score (nSPS) is 13.7. The number of ether oxygens (including phenoxy) is 2. The lowest BCUT2D eigenvalue weighted by molar-refractivity contribution is -0.0327. The Balaban J connectivity index is 3.85. The molecule has 1 amide bonds. The zero-order valence-electron chi connectivity index (χ0n) is 14.1. The summed E-state index contributed by atoms with van der Waals surface area (Å²) < 4.78 is 46.2. The molecule has 0 saturated heterocycles. The van der Waals surface area contributed by atoms with Gasteiger partial charge in [-0.15, -0.1) is 0 Å². The van der Waals surface area contributed by atoms with Crippen LogP contribution in [-0.4, -0.2) is 55.8 Å². The van der Waals surface area contributed by atoms with Crippen LogP contribution in [0.2, 0.25) is 0 Å². The summed E-state index contributed by atoms with van der Waals surface area (Å²) in [5, 5.41) is 5.67. The van der Waals surface area contributed by atoms with Gasteiger partial charge in [-0.1, -0.05) is 0 Å². The van der Waals surface area contributed by atoms with Gasteiger partial charge in [-0.2, -0.15) is 13.2 Å². The maximum Gasteiger partial charge on any atom is 0.441 e. The van der Waals surface area contributed by atoms with Crippen LogP contribution in [0.3, 0.4) is 0 Å². The van der Waals surface area contributed by atoms with Crippen LogP contribution in [0, 0.1) is 0 Å². The molecule has 0 rings (SSSR count). The van der Waals surface area contributed by atoms with Gasteiger partial charge in [-0.05, 0) is 45.4 Å². The molecule has 0 aliphatic carbocycles. The van der Waals surface area contributed by atoms with Gasteiger partial charge in [0.1, 0.15) is 5.60 Å². The summed E-state index contributed by atoms with van der Waals surface area (Å²) in [5.41, 5.74) is -4.74. The highest BCUT2D eigenvalue weighted by molar-refractivity contribution is 8.00. The maximum absolute atomic E-state index is 12.0. The van der Waals surface area contributed by atoms with E-state index in [2.05, 4.69) is 10.6 Å². The van der Waals surface area contributed by atoms with Crippen LogP contribution >= 0.6 is 11.8 Å². The molecular formula is C14H27F3N2O3S. The first-order valence-electron chi connectivity index (χ1n) is 7.43. The Hall–Kier alpha value is -0.670. The molecule has 1 unspecified atom stereocenters. The molecule has 0 aromatic heterocycles. The van der Waals surface area contributed by atoms with Crippen LogP contribution < -0.4 is 10.6 Å². The minimum Gasteiger partial charge on any atom is -0.444 e. The topological polar surface area (TPSA) is 59.6 Å². The molecule has 0 spiro atoms. The molecule has 5 nitrogen and oxygen atoms in total.